The fourth-order valence-electron chi connectivity index (χ4n) is 1.63. The fraction of sp³-hybridized carbons (Fsp3) is 0.143. The second kappa shape index (κ2) is 6.46. The summed E-state index contributed by atoms with van der Waals surface area (Å²) < 4.78 is 29.1. The Morgan fingerprint density at radius 1 is 1.32 bits per heavy atom. The number of anilines is 1. The molecule has 4 nitrogen and oxygen atoms in total. The molecule has 0 aliphatic rings. The second-order valence-corrected chi connectivity index (χ2v) is 5.16. The molecule has 0 spiro atoms. The average molecular weight is 347 g/mol. The highest BCUT2D eigenvalue weighted by Gasteiger charge is 2.27. The van der Waals surface area contributed by atoms with E-state index >= 15 is 0 Å². The highest BCUT2D eigenvalue weighted by Crippen LogP contribution is 2.26. The lowest BCUT2D eigenvalue weighted by Crippen LogP contribution is -2.16. The molecule has 116 valence electrons. The van der Waals surface area contributed by atoms with Crippen LogP contribution < -0.4 is 10.1 Å². The number of pyridine rings is 1. The first kappa shape index (κ1) is 16.5. The molecule has 2 aromatic rings. The van der Waals surface area contributed by atoms with E-state index in [-0.39, 0.29) is 5.75 Å². The first-order chi connectivity index (χ1) is 10.2. The third-order valence-electron chi connectivity index (χ3n) is 2.62. The molecule has 0 saturated heterocycles. The highest BCUT2D eigenvalue weighted by molar-refractivity contribution is 6.30. The summed E-state index contributed by atoms with van der Waals surface area (Å²) in [7, 11) is 0. The SMILES string of the molecule is Cc1cc(C(=O)Nc2ccc(OC(F)(F)Cl)cc2)cnc1Cl. The zero-order valence-electron chi connectivity index (χ0n) is 11.2. The van der Waals surface area contributed by atoms with Crippen molar-refractivity contribution in [1.82, 2.24) is 4.98 Å². The Morgan fingerprint density at radius 2 is 1.95 bits per heavy atom. The van der Waals surface area contributed by atoms with Crippen molar-refractivity contribution >= 4 is 34.8 Å². The van der Waals surface area contributed by atoms with Crippen LogP contribution in [0.1, 0.15) is 15.9 Å². The standard InChI is InChI=1S/C14H10Cl2F2N2O2/c1-8-6-9(7-19-12(8)15)13(21)20-10-2-4-11(5-3-10)22-14(16,17)18/h2-7H,1H3,(H,20,21). The summed E-state index contributed by atoms with van der Waals surface area (Å²) in [6.07, 6.45) is 1.34. The van der Waals surface area contributed by atoms with Gasteiger partial charge >= 0.3 is 5.57 Å². The van der Waals surface area contributed by atoms with Crippen LogP contribution in [0.15, 0.2) is 36.5 Å². The molecule has 0 saturated carbocycles. The summed E-state index contributed by atoms with van der Waals surface area (Å²) in [6.45, 7) is 1.73. The van der Waals surface area contributed by atoms with Gasteiger partial charge in [0.25, 0.3) is 5.91 Å². The maximum absolute atomic E-state index is 12.5. The fourth-order valence-corrected chi connectivity index (χ4v) is 1.82. The van der Waals surface area contributed by atoms with Gasteiger partial charge in [0.1, 0.15) is 10.9 Å². The number of benzene rings is 1. The van der Waals surface area contributed by atoms with Crippen molar-refractivity contribution in [2.24, 2.45) is 0 Å². The number of nitrogens with one attached hydrogen (secondary N) is 1. The summed E-state index contributed by atoms with van der Waals surface area (Å²) in [6, 6.07) is 6.93. The van der Waals surface area contributed by atoms with Crippen molar-refractivity contribution < 1.29 is 18.3 Å². The van der Waals surface area contributed by atoms with E-state index in [1.165, 1.54) is 30.5 Å². The number of amides is 1. The topological polar surface area (TPSA) is 51.2 Å². The molecule has 1 aromatic heterocycles. The van der Waals surface area contributed by atoms with Crippen molar-refractivity contribution in [3.8, 4) is 5.75 Å². The minimum atomic E-state index is -3.78. The Balaban J connectivity index is 2.07. The molecule has 0 atom stereocenters. The first-order valence-corrected chi connectivity index (χ1v) is 6.79. The minimum Gasteiger partial charge on any atom is -0.420 e. The molecular formula is C14H10Cl2F2N2O2. The lowest BCUT2D eigenvalue weighted by molar-refractivity contribution is -0.0964. The van der Waals surface area contributed by atoms with Crippen molar-refractivity contribution in [2.45, 2.75) is 12.5 Å². The number of halogens is 4. The van der Waals surface area contributed by atoms with Gasteiger partial charge in [-0.2, -0.15) is 0 Å². The van der Waals surface area contributed by atoms with E-state index in [0.29, 0.717) is 22.0 Å². The summed E-state index contributed by atoms with van der Waals surface area (Å²) in [4.78, 5) is 15.9. The molecular weight excluding hydrogens is 337 g/mol. The van der Waals surface area contributed by atoms with Crippen LogP contribution in [0.5, 0.6) is 5.75 Å². The van der Waals surface area contributed by atoms with E-state index in [1.54, 1.807) is 13.0 Å². The number of carbonyl (C=O) groups is 1. The zero-order valence-corrected chi connectivity index (χ0v) is 12.8. The van der Waals surface area contributed by atoms with Gasteiger partial charge in [0.05, 0.1) is 5.56 Å². The number of aromatic nitrogens is 1. The number of aryl methyl sites for hydroxylation is 1. The molecule has 1 N–H and O–H groups in total. The van der Waals surface area contributed by atoms with Crippen molar-refractivity contribution in [1.29, 1.82) is 0 Å². The number of hydrogen-bond acceptors (Lipinski definition) is 3. The van der Waals surface area contributed by atoms with Crippen molar-refractivity contribution in [3.05, 3.63) is 52.8 Å². The predicted octanol–water partition coefficient (Wildman–Crippen LogP) is 4.46. The predicted molar refractivity (Wildman–Crippen MR) is 79.8 cm³/mol. The third kappa shape index (κ3) is 4.54. The first-order valence-electron chi connectivity index (χ1n) is 6.04. The highest BCUT2D eigenvalue weighted by atomic mass is 35.5. The van der Waals surface area contributed by atoms with Gasteiger partial charge in [-0.25, -0.2) is 4.98 Å². The lowest BCUT2D eigenvalue weighted by Gasteiger charge is -2.11. The van der Waals surface area contributed by atoms with Crippen molar-refractivity contribution in [2.75, 3.05) is 5.32 Å². The maximum atomic E-state index is 12.5. The summed E-state index contributed by atoms with van der Waals surface area (Å²) in [5.41, 5.74) is -2.38. The normalized spacial score (nSPS) is 11.1. The number of ether oxygens (including phenoxy) is 1. The van der Waals surface area contributed by atoms with Crippen LogP contribution >= 0.6 is 23.2 Å². The Kier molecular flexibility index (Phi) is 4.83. The van der Waals surface area contributed by atoms with Gasteiger partial charge in [-0.15, -0.1) is 8.78 Å². The van der Waals surface area contributed by atoms with Gasteiger partial charge in [0, 0.05) is 23.5 Å². The van der Waals surface area contributed by atoms with Gasteiger partial charge in [-0.05, 0) is 42.8 Å². The number of carbonyl (C=O) groups excluding carboxylic acids is 1. The van der Waals surface area contributed by atoms with Crippen LogP contribution in [0.3, 0.4) is 0 Å². The molecule has 0 aliphatic carbocycles. The third-order valence-corrected chi connectivity index (χ3v) is 3.10. The number of nitrogens with zero attached hydrogens (tertiary/aromatic N) is 1. The molecule has 2 rings (SSSR count). The Bertz CT molecular complexity index is 688. The Hall–Kier alpha value is -1.92. The lowest BCUT2D eigenvalue weighted by atomic mass is 10.2. The monoisotopic (exact) mass is 346 g/mol. The van der Waals surface area contributed by atoms with E-state index in [9.17, 15) is 13.6 Å². The second-order valence-electron chi connectivity index (χ2n) is 4.36. The van der Waals surface area contributed by atoms with E-state index < -0.39 is 11.5 Å². The largest absolute Gasteiger partial charge is 0.487 e. The number of alkyl halides is 3. The molecule has 0 fully saturated rings. The molecule has 0 unspecified atom stereocenters. The average Bonchev–Trinajstić information content (AvgIpc) is 2.42. The van der Waals surface area contributed by atoms with Crippen LogP contribution in [0.4, 0.5) is 14.5 Å². The molecule has 0 radical (unpaired) electrons. The smallest absolute Gasteiger partial charge is 0.420 e. The van der Waals surface area contributed by atoms with E-state index in [0.717, 1.165) is 0 Å². The van der Waals surface area contributed by atoms with E-state index in [2.05, 4.69) is 26.6 Å². The minimum absolute atomic E-state index is 0.123. The van der Waals surface area contributed by atoms with Crippen LogP contribution in [-0.2, 0) is 0 Å². The Morgan fingerprint density at radius 3 is 2.50 bits per heavy atom. The van der Waals surface area contributed by atoms with Gasteiger partial charge in [-0.1, -0.05) is 11.6 Å². The van der Waals surface area contributed by atoms with Gasteiger partial charge in [0.15, 0.2) is 0 Å². The van der Waals surface area contributed by atoms with Crippen LogP contribution in [0.25, 0.3) is 0 Å². The zero-order chi connectivity index (χ0) is 16.3. The quantitative estimate of drug-likeness (QED) is 0.656. The molecule has 1 amide bonds. The summed E-state index contributed by atoms with van der Waals surface area (Å²) in [5, 5.41) is 2.92. The van der Waals surface area contributed by atoms with E-state index in [1.807, 2.05) is 0 Å². The van der Waals surface area contributed by atoms with Crippen LogP contribution in [-0.4, -0.2) is 16.5 Å². The number of rotatable bonds is 4. The molecule has 0 bridgehead atoms. The van der Waals surface area contributed by atoms with Gasteiger partial charge in [-0.3, -0.25) is 4.79 Å². The molecule has 1 heterocycles. The van der Waals surface area contributed by atoms with Crippen molar-refractivity contribution in [3.63, 3.8) is 0 Å². The van der Waals surface area contributed by atoms with E-state index in [4.69, 9.17) is 11.6 Å². The molecule has 8 heteroatoms. The molecule has 22 heavy (non-hydrogen) atoms. The van der Waals surface area contributed by atoms with Gasteiger partial charge in [0.2, 0.25) is 0 Å². The Labute approximate surface area is 135 Å². The summed E-state index contributed by atoms with van der Waals surface area (Å²) in [5.74, 6) is -0.523. The number of hydrogen-bond donors (Lipinski definition) is 1. The van der Waals surface area contributed by atoms with Crippen LogP contribution in [0.2, 0.25) is 5.15 Å². The van der Waals surface area contributed by atoms with Crippen LogP contribution in [0, 0.1) is 6.92 Å². The summed E-state index contributed by atoms with van der Waals surface area (Å²) >= 11 is 10.4. The molecule has 1 aromatic carbocycles. The maximum Gasteiger partial charge on any atom is 0.487 e. The molecule has 0 aliphatic heterocycles. The van der Waals surface area contributed by atoms with Gasteiger partial charge < -0.3 is 10.1 Å².